The summed E-state index contributed by atoms with van der Waals surface area (Å²) in [7, 11) is 1.63. The van der Waals surface area contributed by atoms with E-state index in [2.05, 4.69) is 25.1 Å². The van der Waals surface area contributed by atoms with Crippen molar-refractivity contribution >= 4 is 17.7 Å². The van der Waals surface area contributed by atoms with Crippen molar-refractivity contribution in [3.05, 3.63) is 54.4 Å². The fourth-order valence-electron chi connectivity index (χ4n) is 2.96. The quantitative estimate of drug-likeness (QED) is 0.590. The summed E-state index contributed by atoms with van der Waals surface area (Å²) in [4.78, 5) is 16.4. The molecule has 4 rings (SSSR count). The first-order valence-corrected chi connectivity index (χ1v) is 10.1. The normalized spacial score (nSPS) is 13.3. The zero-order valence-electron chi connectivity index (χ0n) is 15.5. The Labute approximate surface area is 167 Å². The molecule has 0 saturated heterocycles. The number of nitrogens with one attached hydrogen (secondary N) is 1. The second-order valence-electron chi connectivity index (χ2n) is 6.52. The monoisotopic (exact) mass is 395 g/mol. The van der Waals surface area contributed by atoms with E-state index in [9.17, 15) is 4.79 Å². The van der Waals surface area contributed by atoms with Gasteiger partial charge in [-0.05, 0) is 31.0 Å². The number of methoxy groups -OCH3 is 1. The maximum Gasteiger partial charge on any atom is 0.230 e. The molecule has 1 amide bonds. The van der Waals surface area contributed by atoms with E-state index >= 15 is 0 Å². The summed E-state index contributed by atoms with van der Waals surface area (Å²) in [5.74, 6) is 1.84. The number of carbonyl (C=O) groups excluding carboxylic acids is 1. The maximum atomic E-state index is 12.3. The molecule has 8 heteroatoms. The van der Waals surface area contributed by atoms with E-state index in [4.69, 9.17) is 4.74 Å². The highest BCUT2D eigenvalue weighted by Gasteiger charge is 2.30. The average molecular weight is 395 g/mol. The Balaban J connectivity index is 1.40. The fraction of sp³-hybridized carbons (Fsp3) is 0.300. The van der Waals surface area contributed by atoms with Gasteiger partial charge in [0.2, 0.25) is 5.91 Å². The fourth-order valence-corrected chi connectivity index (χ4v) is 3.79. The van der Waals surface area contributed by atoms with Crippen LogP contribution in [0, 0.1) is 0 Å². The molecule has 144 valence electrons. The molecule has 0 unspecified atom stereocenters. The van der Waals surface area contributed by atoms with Crippen molar-refractivity contribution in [3.8, 4) is 17.1 Å². The number of hydrogen-bond acceptors (Lipinski definition) is 6. The number of aromatic nitrogens is 4. The van der Waals surface area contributed by atoms with Gasteiger partial charge in [0.15, 0.2) is 11.0 Å². The van der Waals surface area contributed by atoms with E-state index in [1.807, 2.05) is 36.4 Å². The maximum absolute atomic E-state index is 12.3. The minimum absolute atomic E-state index is 0.0493. The second-order valence-corrected chi connectivity index (χ2v) is 7.46. The summed E-state index contributed by atoms with van der Waals surface area (Å²) in [5, 5.41) is 12.4. The molecule has 0 atom stereocenters. The highest BCUT2D eigenvalue weighted by Crippen LogP contribution is 2.40. The molecule has 1 saturated carbocycles. The van der Waals surface area contributed by atoms with Crippen LogP contribution >= 0.6 is 11.8 Å². The summed E-state index contributed by atoms with van der Waals surface area (Å²) in [6.45, 7) is 0.432. The Morgan fingerprint density at radius 2 is 2.00 bits per heavy atom. The van der Waals surface area contributed by atoms with E-state index in [0.717, 1.165) is 40.7 Å². The molecule has 7 nitrogen and oxygen atoms in total. The molecule has 0 aliphatic heterocycles. The molecule has 0 radical (unpaired) electrons. The van der Waals surface area contributed by atoms with Crippen molar-refractivity contribution in [2.24, 2.45) is 0 Å². The van der Waals surface area contributed by atoms with Crippen LogP contribution in [0.2, 0.25) is 0 Å². The van der Waals surface area contributed by atoms with Gasteiger partial charge in [-0.1, -0.05) is 30.0 Å². The number of nitrogens with zero attached hydrogens (tertiary/aromatic N) is 4. The summed E-state index contributed by atoms with van der Waals surface area (Å²) in [6, 6.07) is 11.9. The smallest absolute Gasteiger partial charge is 0.230 e. The molecule has 28 heavy (non-hydrogen) atoms. The van der Waals surface area contributed by atoms with Crippen molar-refractivity contribution < 1.29 is 9.53 Å². The van der Waals surface area contributed by atoms with Crippen molar-refractivity contribution in [1.82, 2.24) is 25.1 Å². The average Bonchev–Trinajstić information content (AvgIpc) is 3.50. The van der Waals surface area contributed by atoms with E-state index < -0.39 is 0 Å². The lowest BCUT2D eigenvalue weighted by atomic mass is 10.2. The number of thioether (sulfide) groups is 1. The predicted octanol–water partition coefficient (Wildman–Crippen LogP) is 3.09. The van der Waals surface area contributed by atoms with E-state index in [1.165, 1.54) is 11.8 Å². The van der Waals surface area contributed by atoms with Crippen molar-refractivity contribution in [3.63, 3.8) is 0 Å². The third-order valence-corrected chi connectivity index (χ3v) is 5.46. The first kappa shape index (κ1) is 18.5. The Morgan fingerprint density at radius 3 is 2.75 bits per heavy atom. The molecule has 2 heterocycles. The van der Waals surface area contributed by atoms with Crippen LogP contribution in [0.3, 0.4) is 0 Å². The van der Waals surface area contributed by atoms with Gasteiger partial charge in [-0.25, -0.2) is 0 Å². The van der Waals surface area contributed by atoms with Gasteiger partial charge in [-0.3, -0.25) is 14.3 Å². The molecule has 3 aromatic rings. The largest absolute Gasteiger partial charge is 0.496 e. The molecule has 1 aliphatic carbocycles. The van der Waals surface area contributed by atoms with E-state index in [-0.39, 0.29) is 11.7 Å². The van der Waals surface area contributed by atoms with Gasteiger partial charge in [0.1, 0.15) is 5.75 Å². The minimum Gasteiger partial charge on any atom is -0.496 e. The van der Waals surface area contributed by atoms with Crippen LogP contribution in [-0.2, 0) is 11.3 Å². The first-order chi connectivity index (χ1) is 13.8. The lowest BCUT2D eigenvalue weighted by Crippen LogP contribution is -2.25. The van der Waals surface area contributed by atoms with Gasteiger partial charge < -0.3 is 10.1 Å². The molecular weight excluding hydrogens is 374 g/mol. The van der Waals surface area contributed by atoms with Crippen LogP contribution in [0.5, 0.6) is 5.75 Å². The van der Waals surface area contributed by atoms with Crippen LogP contribution in [0.4, 0.5) is 0 Å². The summed E-state index contributed by atoms with van der Waals surface area (Å²) in [6.07, 6.45) is 5.73. The zero-order chi connectivity index (χ0) is 19.3. The lowest BCUT2D eigenvalue weighted by molar-refractivity contribution is -0.118. The summed E-state index contributed by atoms with van der Waals surface area (Å²) >= 11 is 1.41. The first-order valence-electron chi connectivity index (χ1n) is 9.13. The highest BCUT2D eigenvalue weighted by molar-refractivity contribution is 7.99. The number of hydrogen-bond donors (Lipinski definition) is 1. The lowest BCUT2D eigenvalue weighted by Gasteiger charge is -2.10. The third kappa shape index (κ3) is 4.17. The molecule has 2 aromatic heterocycles. The molecule has 1 N–H and O–H groups in total. The standard InChI is InChI=1S/C20H21N5O2S/c1-27-17-5-3-2-4-15(17)12-22-18(26)13-28-20-24-23-19(25(20)16-6-7-16)14-8-10-21-11-9-14/h2-5,8-11,16H,6-7,12-13H2,1H3,(H,22,26). The summed E-state index contributed by atoms with van der Waals surface area (Å²) in [5.41, 5.74) is 1.94. The van der Waals surface area contributed by atoms with Crippen LogP contribution < -0.4 is 10.1 Å². The van der Waals surface area contributed by atoms with Crippen LogP contribution in [0.15, 0.2) is 53.9 Å². The Hall–Kier alpha value is -2.87. The molecule has 1 aliphatic rings. The third-order valence-electron chi connectivity index (χ3n) is 4.52. The van der Waals surface area contributed by atoms with Crippen LogP contribution in [0.25, 0.3) is 11.4 Å². The number of carbonyl (C=O) groups is 1. The predicted molar refractivity (Wildman–Crippen MR) is 107 cm³/mol. The minimum atomic E-state index is -0.0493. The highest BCUT2D eigenvalue weighted by atomic mass is 32.2. The number of para-hydroxylation sites is 1. The number of amides is 1. The number of rotatable bonds is 8. The van der Waals surface area contributed by atoms with Gasteiger partial charge in [0.25, 0.3) is 0 Å². The molecule has 1 fully saturated rings. The number of benzene rings is 1. The van der Waals surface area contributed by atoms with E-state index in [0.29, 0.717) is 12.6 Å². The molecule has 0 bridgehead atoms. The van der Waals surface area contributed by atoms with Gasteiger partial charge in [-0.2, -0.15) is 0 Å². The van der Waals surface area contributed by atoms with Gasteiger partial charge in [0.05, 0.1) is 12.9 Å². The second kappa shape index (κ2) is 8.43. The molecule has 1 aromatic carbocycles. The van der Waals surface area contributed by atoms with Gasteiger partial charge in [-0.15, -0.1) is 10.2 Å². The SMILES string of the molecule is COc1ccccc1CNC(=O)CSc1nnc(-c2ccncc2)n1C1CC1. The summed E-state index contributed by atoms with van der Waals surface area (Å²) < 4.78 is 7.46. The topological polar surface area (TPSA) is 81.9 Å². The molecular formula is C20H21N5O2S. The van der Waals surface area contributed by atoms with Crippen molar-refractivity contribution in [2.45, 2.75) is 30.6 Å². The Morgan fingerprint density at radius 1 is 1.21 bits per heavy atom. The van der Waals surface area contributed by atoms with Gasteiger partial charge in [0, 0.05) is 36.1 Å². The van der Waals surface area contributed by atoms with Crippen molar-refractivity contribution in [2.75, 3.05) is 12.9 Å². The van der Waals surface area contributed by atoms with Crippen LogP contribution in [0.1, 0.15) is 24.4 Å². The zero-order valence-corrected chi connectivity index (χ0v) is 16.4. The van der Waals surface area contributed by atoms with Crippen LogP contribution in [-0.4, -0.2) is 38.5 Å². The number of pyridine rings is 1. The Kier molecular flexibility index (Phi) is 5.57. The number of ether oxygens (including phenoxy) is 1. The van der Waals surface area contributed by atoms with E-state index in [1.54, 1.807) is 19.5 Å². The van der Waals surface area contributed by atoms with Gasteiger partial charge >= 0.3 is 0 Å². The Bertz CT molecular complexity index is 956. The molecule has 0 spiro atoms. The van der Waals surface area contributed by atoms with Crippen molar-refractivity contribution in [1.29, 1.82) is 0 Å².